The summed E-state index contributed by atoms with van der Waals surface area (Å²) < 4.78 is 5.44. The zero-order chi connectivity index (χ0) is 13.9. The van der Waals surface area contributed by atoms with Crippen LogP contribution in [0.5, 0.6) is 5.75 Å². The highest BCUT2D eigenvalue weighted by atomic mass is 16.5. The number of ether oxygens (including phenoxy) is 1. The highest BCUT2D eigenvalue weighted by Crippen LogP contribution is 2.33. The number of amides is 1. The third-order valence-electron chi connectivity index (χ3n) is 3.26. The van der Waals surface area contributed by atoms with E-state index in [1.165, 1.54) is 0 Å². The maximum atomic E-state index is 12.1. The van der Waals surface area contributed by atoms with Crippen molar-refractivity contribution in [2.45, 2.75) is 6.54 Å². The van der Waals surface area contributed by atoms with Crippen LogP contribution in [0, 0.1) is 0 Å². The molecule has 1 aliphatic heterocycles. The Morgan fingerprint density at radius 3 is 3.00 bits per heavy atom. The van der Waals surface area contributed by atoms with Gasteiger partial charge < -0.3 is 15.0 Å². The van der Waals surface area contributed by atoms with E-state index in [0.717, 1.165) is 22.8 Å². The summed E-state index contributed by atoms with van der Waals surface area (Å²) in [5.74, 6) is 1.47. The molecule has 3 rings (SSSR count). The van der Waals surface area contributed by atoms with Gasteiger partial charge in [0, 0.05) is 18.8 Å². The van der Waals surface area contributed by atoms with Gasteiger partial charge in [0.05, 0.1) is 12.2 Å². The number of pyridine rings is 1. The topological polar surface area (TPSA) is 54.5 Å². The van der Waals surface area contributed by atoms with Gasteiger partial charge in [0.15, 0.2) is 6.61 Å². The minimum Gasteiger partial charge on any atom is -0.482 e. The maximum Gasteiger partial charge on any atom is 0.265 e. The third kappa shape index (κ3) is 2.18. The van der Waals surface area contributed by atoms with E-state index in [2.05, 4.69) is 10.3 Å². The molecule has 5 heteroatoms. The molecule has 1 aromatic carbocycles. The van der Waals surface area contributed by atoms with Gasteiger partial charge in [-0.3, -0.25) is 4.79 Å². The number of anilines is 2. The molecule has 5 nitrogen and oxygen atoms in total. The minimum atomic E-state index is -0.0467. The van der Waals surface area contributed by atoms with Crippen molar-refractivity contribution in [3.8, 4) is 5.75 Å². The van der Waals surface area contributed by atoms with Gasteiger partial charge in [0.1, 0.15) is 11.6 Å². The van der Waals surface area contributed by atoms with E-state index in [1.807, 2.05) is 43.4 Å². The molecule has 0 spiro atoms. The Bertz CT molecular complexity index is 643. The van der Waals surface area contributed by atoms with Crippen LogP contribution in [0.3, 0.4) is 0 Å². The number of para-hydroxylation sites is 2. The Kier molecular flexibility index (Phi) is 3.25. The van der Waals surface area contributed by atoms with E-state index in [9.17, 15) is 4.79 Å². The highest BCUT2D eigenvalue weighted by molar-refractivity contribution is 5.97. The van der Waals surface area contributed by atoms with Crippen molar-refractivity contribution in [2.75, 3.05) is 23.9 Å². The van der Waals surface area contributed by atoms with Crippen LogP contribution in [-0.4, -0.2) is 24.5 Å². The molecule has 2 aromatic rings. The van der Waals surface area contributed by atoms with Crippen molar-refractivity contribution in [3.05, 3.63) is 48.2 Å². The lowest BCUT2D eigenvalue weighted by molar-refractivity contribution is -0.121. The summed E-state index contributed by atoms with van der Waals surface area (Å²) in [6, 6.07) is 11.4. The summed E-state index contributed by atoms with van der Waals surface area (Å²) in [7, 11) is 1.82. The van der Waals surface area contributed by atoms with Crippen molar-refractivity contribution in [2.24, 2.45) is 0 Å². The Hall–Kier alpha value is -2.56. The van der Waals surface area contributed by atoms with Gasteiger partial charge in [-0.15, -0.1) is 0 Å². The lowest BCUT2D eigenvalue weighted by atomic mass is 10.2. The summed E-state index contributed by atoms with van der Waals surface area (Å²) in [4.78, 5) is 18.1. The molecular weight excluding hydrogens is 254 g/mol. The molecule has 0 saturated carbocycles. The fraction of sp³-hybridized carbons (Fsp3) is 0.200. The summed E-state index contributed by atoms with van der Waals surface area (Å²) in [6.45, 7) is 0.551. The highest BCUT2D eigenvalue weighted by Gasteiger charge is 2.25. The summed E-state index contributed by atoms with van der Waals surface area (Å²) >= 11 is 0. The van der Waals surface area contributed by atoms with Gasteiger partial charge in [-0.2, -0.15) is 0 Å². The molecule has 0 atom stereocenters. The largest absolute Gasteiger partial charge is 0.482 e. The summed E-state index contributed by atoms with van der Waals surface area (Å²) in [5.41, 5.74) is 1.77. The first kappa shape index (κ1) is 12.5. The predicted molar refractivity (Wildman–Crippen MR) is 76.9 cm³/mol. The number of fused-ring (bicyclic) bond motifs is 1. The molecule has 1 aliphatic rings. The SMILES string of the molecule is CNc1ncccc1CN1C(=O)COc2ccccc21. The van der Waals surface area contributed by atoms with Crippen molar-refractivity contribution in [1.82, 2.24) is 4.98 Å². The second-order valence-corrected chi connectivity index (χ2v) is 4.50. The Labute approximate surface area is 117 Å². The van der Waals surface area contributed by atoms with Gasteiger partial charge in [-0.05, 0) is 18.2 Å². The molecule has 1 amide bonds. The molecule has 1 aromatic heterocycles. The van der Waals surface area contributed by atoms with Crippen LogP contribution in [0.4, 0.5) is 11.5 Å². The number of carbonyl (C=O) groups excluding carboxylic acids is 1. The molecule has 2 heterocycles. The lowest BCUT2D eigenvalue weighted by Crippen LogP contribution is -2.38. The van der Waals surface area contributed by atoms with Gasteiger partial charge in [-0.25, -0.2) is 4.98 Å². The number of rotatable bonds is 3. The minimum absolute atomic E-state index is 0.0467. The van der Waals surface area contributed by atoms with Crippen LogP contribution in [0.1, 0.15) is 5.56 Å². The standard InChI is InChI=1S/C15H15N3O2/c1-16-15-11(5-4-8-17-15)9-18-12-6-2-3-7-13(12)20-10-14(18)19/h2-8H,9-10H2,1H3,(H,16,17). The van der Waals surface area contributed by atoms with Gasteiger partial charge in [0.25, 0.3) is 5.91 Å². The Morgan fingerprint density at radius 2 is 2.15 bits per heavy atom. The van der Waals surface area contributed by atoms with Crippen LogP contribution >= 0.6 is 0 Å². The molecule has 0 saturated heterocycles. The van der Waals surface area contributed by atoms with Crippen LogP contribution < -0.4 is 15.0 Å². The molecule has 0 unspecified atom stereocenters. The zero-order valence-electron chi connectivity index (χ0n) is 11.2. The third-order valence-corrected chi connectivity index (χ3v) is 3.26. The fourth-order valence-corrected chi connectivity index (χ4v) is 2.29. The van der Waals surface area contributed by atoms with Crippen molar-refractivity contribution in [1.29, 1.82) is 0 Å². The van der Waals surface area contributed by atoms with Crippen molar-refractivity contribution >= 4 is 17.4 Å². The van der Waals surface area contributed by atoms with Crippen LogP contribution in [0.2, 0.25) is 0 Å². The molecular formula is C15H15N3O2. The van der Waals surface area contributed by atoms with E-state index in [0.29, 0.717) is 6.54 Å². The molecule has 0 bridgehead atoms. The van der Waals surface area contributed by atoms with E-state index in [-0.39, 0.29) is 12.5 Å². The number of hydrogen-bond donors (Lipinski definition) is 1. The maximum absolute atomic E-state index is 12.1. The number of hydrogen-bond acceptors (Lipinski definition) is 4. The number of nitrogens with one attached hydrogen (secondary N) is 1. The fourth-order valence-electron chi connectivity index (χ4n) is 2.29. The first-order valence-corrected chi connectivity index (χ1v) is 6.43. The van der Waals surface area contributed by atoms with Crippen molar-refractivity contribution < 1.29 is 9.53 Å². The average Bonchev–Trinajstić information content (AvgIpc) is 2.50. The lowest BCUT2D eigenvalue weighted by Gasteiger charge is -2.29. The quantitative estimate of drug-likeness (QED) is 0.926. The molecule has 20 heavy (non-hydrogen) atoms. The monoisotopic (exact) mass is 269 g/mol. The first-order chi connectivity index (χ1) is 9.79. The second-order valence-electron chi connectivity index (χ2n) is 4.50. The predicted octanol–water partition coefficient (Wildman–Crippen LogP) is 2.05. The van der Waals surface area contributed by atoms with E-state index >= 15 is 0 Å². The van der Waals surface area contributed by atoms with Crippen molar-refractivity contribution in [3.63, 3.8) is 0 Å². The van der Waals surface area contributed by atoms with Crippen LogP contribution in [0.15, 0.2) is 42.6 Å². The number of nitrogens with zero attached hydrogens (tertiary/aromatic N) is 2. The molecule has 1 N–H and O–H groups in total. The average molecular weight is 269 g/mol. The first-order valence-electron chi connectivity index (χ1n) is 6.43. The summed E-state index contributed by atoms with van der Waals surface area (Å²) in [5, 5.41) is 3.04. The van der Waals surface area contributed by atoms with Crippen LogP contribution in [-0.2, 0) is 11.3 Å². The molecule has 0 fully saturated rings. The summed E-state index contributed by atoms with van der Waals surface area (Å²) in [6.07, 6.45) is 1.73. The van der Waals surface area contributed by atoms with E-state index in [4.69, 9.17) is 4.74 Å². The zero-order valence-corrected chi connectivity index (χ0v) is 11.2. The van der Waals surface area contributed by atoms with Gasteiger partial charge in [-0.1, -0.05) is 18.2 Å². The number of aromatic nitrogens is 1. The van der Waals surface area contributed by atoms with E-state index in [1.54, 1.807) is 11.1 Å². The van der Waals surface area contributed by atoms with E-state index < -0.39 is 0 Å². The van der Waals surface area contributed by atoms with Gasteiger partial charge in [0.2, 0.25) is 0 Å². The molecule has 0 aliphatic carbocycles. The molecule has 102 valence electrons. The number of benzene rings is 1. The smallest absolute Gasteiger partial charge is 0.265 e. The van der Waals surface area contributed by atoms with Crippen LogP contribution in [0.25, 0.3) is 0 Å². The number of carbonyl (C=O) groups is 1. The normalized spacial score (nSPS) is 13.7. The Morgan fingerprint density at radius 1 is 1.30 bits per heavy atom. The van der Waals surface area contributed by atoms with Gasteiger partial charge >= 0.3 is 0 Å². The second kappa shape index (κ2) is 5.21. The Balaban J connectivity index is 1.96. The molecule has 0 radical (unpaired) electrons.